The molecule has 1 N–H and O–H groups in total. The number of anilines is 1. The van der Waals surface area contributed by atoms with Crippen LogP contribution >= 0.6 is 0 Å². The molecule has 4 heterocycles. The number of rotatable bonds is 8. The maximum Gasteiger partial charge on any atom is 0.228 e. The zero-order valence-corrected chi connectivity index (χ0v) is 21.4. The number of fused-ring (bicyclic) bond motifs is 2. The van der Waals surface area contributed by atoms with Crippen LogP contribution in [0.5, 0.6) is 0 Å². The molecule has 0 saturated carbocycles. The van der Waals surface area contributed by atoms with Gasteiger partial charge in [0.2, 0.25) is 11.8 Å². The number of carbonyl (C=O) groups is 2. The quantitative estimate of drug-likeness (QED) is 0.490. The summed E-state index contributed by atoms with van der Waals surface area (Å²) in [6, 6.07) is 10.3. The van der Waals surface area contributed by atoms with Crippen molar-refractivity contribution in [3.63, 3.8) is 0 Å². The molecular weight excluding hydrogens is 454 g/mol. The van der Waals surface area contributed by atoms with Gasteiger partial charge in [0.1, 0.15) is 5.82 Å². The molecule has 0 radical (unpaired) electrons. The Labute approximate surface area is 212 Å². The van der Waals surface area contributed by atoms with E-state index in [0.717, 1.165) is 80.1 Å². The van der Waals surface area contributed by atoms with Crippen LogP contribution in [-0.4, -0.2) is 88.8 Å². The minimum atomic E-state index is -0.0521. The number of nitrogens with zero attached hydrogens (tertiary/aromatic N) is 6. The lowest BCUT2D eigenvalue weighted by Crippen LogP contribution is -2.45. The monoisotopic (exact) mass is 491 g/mol. The fourth-order valence-electron chi connectivity index (χ4n) is 5.26. The number of amides is 2. The number of likely N-dealkylation sites (N-methyl/N-ethyl adjacent to an activating group) is 1. The first-order chi connectivity index (χ1) is 17.5. The lowest BCUT2D eigenvalue weighted by molar-refractivity contribution is -0.125. The van der Waals surface area contributed by atoms with Crippen molar-refractivity contribution in [3.8, 4) is 11.3 Å². The van der Waals surface area contributed by atoms with Gasteiger partial charge < -0.3 is 19.7 Å². The zero-order valence-electron chi connectivity index (χ0n) is 21.4. The van der Waals surface area contributed by atoms with Crippen molar-refractivity contribution in [1.29, 1.82) is 0 Å². The highest BCUT2D eigenvalue weighted by molar-refractivity contribution is 5.98. The highest BCUT2D eigenvalue weighted by Crippen LogP contribution is 2.33. The van der Waals surface area contributed by atoms with Crippen molar-refractivity contribution < 1.29 is 9.59 Å². The van der Waals surface area contributed by atoms with Gasteiger partial charge in [-0.15, -0.1) is 0 Å². The van der Waals surface area contributed by atoms with E-state index < -0.39 is 0 Å². The van der Waals surface area contributed by atoms with Crippen LogP contribution < -0.4 is 10.2 Å². The molecule has 1 saturated heterocycles. The van der Waals surface area contributed by atoms with Gasteiger partial charge in [0.15, 0.2) is 0 Å². The molecule has 2 aromatic heterocycles. The second kappa shape index (κ2) is 10.8. The Balaban J connectivity index is 1.14. The van der Waals surface area contributed by atoms with E-state index in [4.69, 9.17) is 5.10 Å². The molecule has 192 valence electrons. The molecule has 1 aromatic carbocycles. The summed E-state index contributed by atoms with van der Waals surface area (Å²) in [5, 5.41) is 8.97. The summed E-state index contributed by atoms with van der Waals surface area (Å²) < 4.78 is 4.03. The van der Waals surface area contributed by atoms with Crippen LogP contribution in [0.25, 0.3) is 22.2 Å². The number of carbonyl (C=O) groups excluding carboxylic acids is 2. The summed E-state index contributed by atoms with van der Waals surface area (Å²) in [5.74, 6) is 0.748. The largest absolute Gasteiger partial charge is 0.356 e. The number of aromatic nitrogens is 3. The average molecular weight is 492 g/mol. The second-order valence-corrected chi connectivity index (χ2v) is 10.0. The van der Waals surface area contributed by atoms with Crippen molar-refractivity contribution in [1.82, 2.24) is 29.5 Å². The van der Waals surface area contributed by atoms with Gasteiger partial charge in [0.05, 0.1) is 5.69 Å². The molecule has 36 heavy (non-hydrogen) atoms. The Bertz CT molecular complexity index is 1220. The van der Waals surface area contributed by atoms with Gasteiger partial charge in [0.25, 0.3) is 0 Å². The second-order valence-electron chi connectivity index (χ2n) is 10.0. The molecule has 0 spiro atoms. The van der Waals surface area contributed by atoms with E-state index in [0.29, 0.717) is 13.1 Å². The number of hydrogen-bond donors (Lipinski definition) is 1. The van der Waals surface area contributed by atoms with E-state index in [-0.39, 0.29) is 24.7 Å². The summed E-state index contributed by atoms with van der Waals surface area (Å²) in [4.78, 5) is 32.0. The van der Waals surface area contributed by atoms with E-state index >= 15 is 0 Å². The fraction of sp³-hybridized carbons (Fsp3) is 0.519. The van der Waals surface area contributed by atoms with Crippen LogP contribution in [0.2, 0.25) is 0 Å². The topological polar surface area (TPSA) is 78.6 Å². The molecule has 5 rings (SSSR count). The Morgan fingerprint density at radius 1 is 1.00 bits per heavy atom. The zero-order chi connectivity index (χ0) is 25.1. The molecule has 2 aliphatic heterocycles. The number of para-hydroxylation sites is 1. The van der Waals surface area contributed by atoms with Crippen LogP contribution in [0.3, 0.4) is 0 Å². The number of nitrogens with one attached hydrogen (secondary N) is 1. The Kier molecular flexibility index (Phi) is 7.38. The third-order valence-electron chi connectivity index (χ3n) is 7.40. The van der Waals surface area contributed by atoms with Crippen molar-refractivity contribution in [2.45, 2.75) is 32.2 Å². The van der Waals surface area contributed by atoms with Crippen molar-refractivity contribution in [2.24, 2.45) is 7.05 Å². The highest BCUT2D eigenvalue weighted by Gasteiger charge is 2.26. The molecule has 0 atom stereocenters. The molecule has 0 unspecified atom stereocenters. The summed E-state index contributed by atoms with van der Waals surface area (Å²) in [5.41, 5.74) is 3.10. The molecule has 2 aliphatic rings. The van der Waals surface area contributed by atoms with E-state index in [1.54, 1.807) is 4.90 Å². The number of aryl methyl sites for hydroxylation is 2. The van der Waals surface area contributed by atoms with E-state index in [2.05, 4.69) is 45.1 Å². The van der Waals surface area contributed by atoms with Gasteiger partial charge in [-0.3, -0.25) is 14.5 Å². The molecule has 3 aromatic rings. The van der Waals surface area contributed by atoms with Gasteiger partial charge >= 0.3 is 0 Å². The van der Waals surface area contributed by atoms with Gasteiger partial charge in [-0.1, -0.05) is 18.2 Å². The molecule has 1 fully saturated rings. The van der Waals surface area contributed by atoms with Crippen LogP contribution in [0.4, 0.5) is 5.82 Å². The first-order valence-corrected chi connectivity index (χ1v) is 13.1. The molecule has 2 amide bonds. The number of piperazine rings is 1. The van der Waals surface area contributed by atoms with Crippen LogP contribution in [-0.2, 0) is 23.2 Å². The highest BCUT2D eigenvalue weighted by atomic mass is 16.2. The third-order valence-corrected chi connectivity index (χ3v) is 7.40. The predicted molar refractivity (Wildman–Crippen MR) is 142 cm³/mol. The van der Waals surface area contributed by atoms with Crippen molar-refractivity contribution in [2.75, 3.05) is 57.8 Å². The van der Waals surface area contributed by atoms with Crippen LogP contribution in [0.1, 0.15) is 25.7 Å². The fourth-order valence-corrected chi connectivity index (χ4v) is 5.26. The van der Waals surface area contributed by atoms with Gasteiger partial charge in [-0.2, -0.15) is 5.10 Å². The summed E-state index contributed by atoms with van der Waals surface area (Å²) in [6.45, 7) is 7.50. The SMILES string of the molecule is CN1CCN(CCCNC(=O)CCC(=O)N2CCCn3nc(-c4cn(C)c5ccccc45)cc32)CC1. The Morgan fingerprint density at radius 3 is 2.64 bits per heavy atom. The van der Waals surface area contributed by atoms with Gasteiger partial charge in [-0.25, -0.2) is 4.68 Å². The summed E-state index contributed by atoms with van der Waals surface area (Å²) in [6.07, 6.45) is 4.31. The van der Waals surface area contributed by atoms with Crippen LogP contribution in [0, 0.1) is 0 Å². The number of hydrogen-bond acceptors (Lipinski definition) is 5. The first kappa shape index (κ1) is 24.5. The molecule has 0 bridgehead atoms. The summed E-state index contributed by atoms with van der Waals surface area (Å²) in [7, 11) is 4.19. The first-order valence-electron chi connectivity index (χ1n) is 13.1. The lowest BCUT2D eigenvalue weighted by atomic mass is 10.1. The Hall–Kier alpha value is -3.17. The minimum Gasteiger partial charge on any atom is -0.356 e. The maximum absolute atomic E-state index is 13.1. The standard InChI is InChI=1S/C27H37N7O2/c1-30-15-17-32(18-16-30)12-5-11-28-25(35)9-10-27(36)33-13-6-14-34-26(33)19-23(29-34)22-20-31(2)24-8-4-3-7-21(22)24/h3-4,7-8,19-20H,5-6,9-18H2,1-2H3,(H,28,35). The Morgan fingerprint density at radius 2 is 1.81 bits per heavy atom. The normalized spacial score (nSPS) is 16.9. The molecule has 9 nitrogen and oxygen atoms in total. The van der Waals surface area contributed by atoms with E-state index in [1.165, 1.54) is 0 Å². The molecular formula is C27H37N7O2. The van der Waals surface area contributed by atoms with Crippen LogP contribution in [0.15, 0.2) is 36.5 Å². The van der Waals surface area contributed by atoms with E-state index in [1.807, 2.05) is 29.9 Å². The lowest BCUT2D eigenvalue weighted by Gasteiger charge is -2.32. The maximum atomic E-state index is 13.1. The third kappa shape index (κ3) is 5.32. The molecule has 0 aliphatic carbocycles. The molecule has 9 heteroatoms. The minimum absolute atomic E-state index is 0.0205. The van der Waals surface area contributed by atoms with Crippen molar-refractivity contribution in [3.05, 3.63) is 36.5 Å². The average Bonchev–Trinajstić information content (AvgIpc) is 3.47. The van der Waals surface area contributed by atoms with Crippen molar-refractivity contribution >= 4 is 28.5 Å². The summed E-state index contributed by atoms with van der Waals surface area (Å²) >= 11 is 0. The van der Waals surface area contributed by atoms with Gasteiger partial charge in [-0.05, 0) is 32.5 Å². The smallest absolute Gasteiger partial charge is 0.228 e. The number of benzene rings is 1. The predicted octanol–water partition coefficient (Wildman–Crippen LogP) is 2.31. The van der Waals surface area contributed by atoms with Gasteiger partial charge in [0, 0.05) is 94.4 Å². The van der Waals surface area contributed by atoms with E-state index in [9.17, 15) is 9.59 Å².